The molecule has 2 aromatic carbocycles. The third-order valence-electron chi connectivity index (χ3n) is 5.41. The molecule has 1 unspecified atom stereocenters. The smallest absolute Gasteiger partial charge is 0.446 e. The van der Waals surface area contributed by atoms with Crippen LogP contribution in [0.2, 0.25) is 0 Å². The van der Waals surface area contributed by atoms with Crippen molar-refractivity contribution in [3.8, 4) is 11.6 Å². The maximum absolute atomic E-state index is 13.5. The number of amides is 1. The Bertz CT molecular complexity index is 1400. The number of aromatic hydroxyl groups is 1. The van der Waals surface area contributed by atoms with Gasteiger partial charge >= 0.3 is 11.2 Å². The molecular weight excluding hydrogens is 493 g/mol. The van der Waals surface area contributed by atoms with Crippen LogP contribution >= 0.6 is 11.8 Å². The Hall–Kier alpha value is -3.99. The van der Waals surface area contributed by atoms with Gasteiger partial charge < -0.3 is 10.4 Å². The van der Waals surface area contributed by atoms with E-state index in [1.165, 1.54) is 48.1 Å². The number of carbonyl (C=O) groups excluding carboxylic acids is 1. The summed E-state index contributed by atoms with van der Waals surface area (Å²) >= 11 is -0.277. The lowest BCUT2D eigenvalue weighted by atomic mass is 10.1. The van der Waals surface area contributed by atoms with Crippen LogP contribution in [-0.4, -0.2) is 30.6 Å². The summed E-state index contributed by atoms with van der Waals surface area (Å²) in [7, 11) is 0. The molecule has 4 aromatic rings. The van der Waals surface area contributed by atoms with Gasteiger partial charge in [-0.1, -0.05) is 30.3 Å². The third kappa shape index (κ3) is 5.62. The molecule has 2 aromatic heterocycles. The number of benzene rings is 2. The lowest BCUT2D eigenvalue weighted by Gasteiger charge is -2.21. The minimum Gasteiger partial charge on any atom is -0.493 e. The molecule has 0 aliphatic rings. The van der Waals surface area contributed by atoms with E-state index in [1.54, 1.807) is 12.1 Å². The van der Waals surface area contributed by atoms with E-state index in [4.69, 9.17) is 0 Å². The van der Waals surface area contributed by atoms with Gasteiger partial charge in [0, 0.05) is 17.3 Å². The zero-order valence-corrected chi connectivity index (χ0v) is 19.8. The fraction of sp³-hybridized carbons (Fsp3) is 0.160. The van der Waals surface area contributed by atoms with Crippen molar-refractivity contribution in [1.29, 1.82) is 0 Å². The Morgan fingerprint density at radius 2 is 1.69 bits per heavy atom. The molecule has 0 radical (unpaired) electrons. The summed E-state index contributed by atoms with van der Waals surface area (Å²) < 4.78 is 40.2. The number of hydrogen-bond donors (Lipinski definition) is 2. The number of nitrogens with one attached hydrogen (secondary N) is 1. The van der Waals surface area contributed by atoms with Crippen LogP contribution in [0.25, 0.3) is 5.69 Å². The molecule has 4 rings (SSSR count). The average Bonchev–Trinajstić information content (AvgIpc) is 3.06. The Kier molecular flexibility index (Phi) is 7.20. The van der Waals surface area contributed by atoms with Crippen LogP contribution in [0.4, 0.5) is 13.2 Å². The highest BCUT2D eigenvalue weighted by Crippen LogP contribution is 2.37. The number of imidazole rings is 1. The molecule has 2 N–H and O–H groups in total. The van der Waals surface area contributed by atoms with Crippen LogP contribution in [0, 0.1) is 6.92 Å². The highest BCUT2D eigenvalue weighted by Gasteiger charge is 2.30. The second kappa shape index (κ2) is 10.3. The highest BCUT2D eigenvalue weighted by molar-refractivity contribution is 8.00. The van der Waals surface area contributed by atoms with Crippen LogP contribution in [-0.2, 0) is 11.2 Å². The standard InChI is InChI=1S/C25H21F3N4O3S/c1-16-23(34)32(19-7-9-20(10-8-19)36-25(26,27)28)24(35)31(16)22(18-11-13-29-14-12-18)30-21(33)15-17-5-3-2-4-6-17/h2-14,22,34H,15H2,1H3,(H,30,33). The molecule has 0 spiro atoms. The van der Waals surface area contributed by atoms with Crippen LogP contribution in [0.5, 0.6) is 5.88 Å². The summed E-state index contributed by atoms with van der Waals surface area (Å²) in [5, 5.41) is 13.7. The van der Waals surface area contributed by atoms with Crippen LogP contribution in [0.1, 0.15) is 23.0 Å². The number of hydrogen-bond acceptors (Lipinski definition) is 5. The third-order valence-corrected chi connectivity index (χ3v) is 6.15. The molecule has 1 atom stereocenters. The highest BCUT2D eigenvalue weighted by atomic mass is 32.2. The second-order valence-electron chi connectivity index (χ2n) is 7.85. The minimum atomic E-state index is -4.45. The van der Waals surface area contributed by atoms with Gasteiger partial charge in [0.15, 0.2) is 0 Å². The van der Waals surface area contributed by atoms with E-state index in [1.807, 2.05) is 30.3 Å². The summed E-state index contributed by atoms with van der Waals surface area (Å²) in [5.74, 6) is -0.748. The van der Waals surface area contributed by atoms with E-state index in [0.717, 1.165) is 10.1 Å². The molecule has 1 amide bonds. The predicted molar refractivity (Wildman–Crippen MR) is 129 cm³/mol. The van der Waals surface area contributed by atoms with E-state index in [-0.39, 0.29) is 40.4 Å². The van der Waals surface area contributed by atoms with E-state index >= 15 is 0 Å². The summed E-state index contributed by atoms with van der Waals surface area (Å²) in [6.45, 7) is 1.51. The number of halogens is 3. The Morgan fingerprint density at radius 3 is 2.31 bits per heavy atom. The van der Waals surface area contributed by atoms with Gasteiger partial charge in [-0.15, -0.1) is 0 Å². The van der Waals surface area contributed by atoms with Crippen molar-refractivity contribution in [2.75, 3.05) is 0 Å². The average molecular weight is 515 g/mol. The summed E-state index contributed by atoms with van der Waals surface area (Å²) in [6.07, 6.45) is 2.13. The largest absolute Gasteiger partial charge is 0.493 e. The first-order chi connectivity index (χ1) is 17.1. The van der Waals surface area contributed by atoms with Crippen molar-refractivity contribution < 1.29 is 23.1 Å². The van der Waals surface area contributed by atoms with Gasteiger partial charge in [-0.3, -0.25) is 14.3 Å². The second-order valence-corrected chi connectivity index (χ2v) is 8.99. The fourth-order valence-electron chi connectivity index (χ4n) is 3.77. The number of thioether (sulfide) groups is 1. The molecule has 36 heavy (non-hydrogen) atoms. The number of aromatic nitrogens is 3. The summed E-state index contributed by atoms with van der Waals surface area (Å²) in [6, 6.07) is 17.4. The van der Waals surface area contributed by atoms with Gasteiger partial charge in [0.25, 0.3) is 0 Å². The lowest BCUT2D eigenvalue weighted by Crippen LogP contribution is -2.39. The topological polar surface area (TPSA) is 89.2 Å². The van der Waals surface area contributed by atoms with E-state index in [0.29, 0.717) is 5.56 Å². The van der Waals surface area contributed by atoms with E-state index in [2.05, 4.69) is 10.3 Å². The van der Waals surface area contributed by atoms with Crippen LogP contribution in [0.3, 0.4) is 0 Å². The number of rotatable bonds is 7. The molecule has 0 bridgehead atoms. The van der Waals surface area contributed by atoms with Crippen molar-refractivity contribution >= 4 is 17.7 Å². The molecule has 11 heteroatoms. The van der Waals surface area contributed by atoms with E-state index < -0.39 is 23.2 Å². The first-order valence-electron chi connectivity index (χ1n) is 10.8. The van der Waals surface area contributed by atoms with Crippen molar-refractivity contribution in [2.24, 2.45) is 0 Å². The number of carbonyl (C=O) groups is 1. The molecule has 0 saturated heterocycles. The van der Waals surface area contributed by atoms with Crippen molar-refractivity contribution in [1.82, 2.24) is 19.4 Å². The fourth-order valence-corrected chi connectivity index (χ4v) is 4.31. The maximum atomic E-state index is 13.5. The maximum Gasteiger partial charge on any atom is 0.446 e. The summed E-state index contributed by atoms with van der Waals surface area (Å²) in [4.78, 5) is 30.3. The van der Waals surface area contributed by atoms with Crippen molar-refractivity contribution in [2.45, 2.75) is 29.9 Å². The zero-order valence-electron chi connectivity index (χ0n) is 18.9. The molecule has 7 nitrogen and oxygen atoms in total. The Morgan fingerprint density at radius 1 is 1.06 bits per heavy atom. The van der Waals surface area contributed by atoms with Crippen LogP contribution < -0.4 is 11.0 Å². The minimum absolute atomic E-state index is 0.0576. The monoisotopic (exact) mass is 514 g/mol. The molecule has 0 aliphatic heterocycles. The van der Waals surface area contributed by atoms with Gasteiger partial charge in [-0.05, 0) is 66.2 Å². The first kappa shape index (κ1) is 25.1. The van der Waals surface area contributed by atoms with Gasteiger partial charge in [-0.25, -0.2) is 9.36 Å². The molecule has 0 fully saturated rings. The van der Waals surface area contributed by atoms with Gasteiger partial charge in [0.2, 0.25) is 11.8 Å². The molecule has 0 saturated carbocycles. The molecule has 2 heterocycles. The van der Waals surface area contributed by atoms with Gasteiger partial charge in [0.05, 0.1) is 17.8 Å². The van der Waals surface area contributed by atoms with E-state index in [9.17, 15) is 27.9 Å². The molecule has 186 valence electrons. The molecule has 0 aliphatic carbocycles. The number of nitrogens with zero attached hydrogens (tertiary/aromatic N) is 3. The first-order valence-corrected chi connectivity index (χ1v) is 11.6. The van der Waals surface area contributed by atoms with Crippen LogP contribution in [0.15, 0.2) is 88.8 Å². The predicted octanol–water partition coefficient (Wildman–Crippen LogP) is 4.57. The lowest BCUT2D eigenvalue weighted by molar-refractivity contribution is -0.121. The van der Waals surface area contributed by atoms with Gasteiger partial charge in [0.1, 0.15) is 6.17 Å². The summed E-state index contributed by atoms with van der Waals surface area (Å²) in [5.41, 5.74) is -3.46. The van der Waals surface area contributed by atoms with Crippen molar-refractivity contribution in [3.05, 3.63) is 106 Å². The number of pyridine rings is 1. The normalized spacial score (nSPS) is 12.3. The SMILES string of the molecule is Cc1c(O)n(-c2ccc(SC(F)(F)F)cc2)c(=O)n1C(NC(=O)Cc1ccccc1)c1ccncc1. The number of alkyl halides is 3. The Balaban J connectivity index is 1.72. The zero-order chi connectivity index (χ0) is 25.9. The van der Waals surface area contributed by atoms with Crippen molar-refractivity contribution in [3.63, 3.8) is 0 Å². The van der Waals surface area contributed by atoms with Gasteiger partial charge in [-0.2, -0.15) is 13.2 Å². The Labute approximate surface area is 208 Å². The molecular formula is C25H21F3N4O3S. The quantitative estimate of drug-likeness (QED) is 0.353.